The zero-order valence-corrected chi connectivity index (χ0v) is 12.6. The Morgan fingerprint density at radius 3 is 2.40 bits per heavy atom. The molecular formula is C16H17BrN2O. The van der Waals surface area contributed by atoms with Gasteiger partial charge in [0.15, 0.2) is 0 Å². The number of aryl methyl sites for hydroxylation is 1. The lowest BCUT2D eigenvalue weighted by atomic mass is 10.0. The predicted octanol–water partition coefficient (Wildman–Crippen LogP) is 3.35. The van der Waals surface area contributed by atoms with Gasteiger partial charge in [-0.3, -0.25) is 4.79 Å². The van der Waals surface area contributed by atoms with Crippen molar-refractivity contribution >= 4 is 27.5 Å². The van der Waals surface area contributed by atoms with Crippen LogP contribution in [0.3, 0.4) is 0 Å². The molecular weight excluding hydrogens is 316 g/mol. The molecule has 0 radical (unpaired) electrons. The molecule has 0 aliphatic carbocycles. The van der Waals surface area contributed by atoms with Gasteiger partial charge < -0.3 is 11.1 Å². The first-order valence-corrected chi connectivity index (χ1v) is 7.30. The third-order valence-electron chi connectivity index (χ3n) is 3.11. The van der Waals surface area contributed by atoms with Crippen LogP contribution in [-0.4, -0.2) is 11.9 Å². The molecule has 0 heterocycles. The lowest BCUT2D eigenvalue weighted by Crippen LogP contribution is -2.35. The first kappa shape index (κ1) is 14.6. The number of primary amides is 1. The fourth-order valence-electron chi connectivity index (χ4n) is 2.01. The van der Waals surface area contributed by atoms with Gasteiger partial charge in [0.1, 0.15) is 6.04 Å². The van der Waals surface area contributed by atoms with Gasteiger partial charge in [-0.15, -0.1) is 0 Å². The molecule has 4 heteroatoms. The number of rotatable bonds is 6. The number of carbonyl (C=O) groups is 1. The summed E-state index contributed by atoms with van der Waals surface area (Å²) in [5.41, 5.74) is 7.56. The Kier molecular flexibility index (Phi) is 5.18. The molecule has 1 amide bonds. The summed E-state index contributed by atoms with van der Waals surface area (Å²) < 4.78 is 0.922. The van der Waals surface area contributed by atoms with E-state index in [-0.39, 0.29) is 11.9 Å². The first-order valence-electron chi connectivity index (χ1n) is 6.51. The maximum Gasteiger partial charge on any atom is 0.239 e. The fraction of sp³-hybridized carbons (Fsp3) is 0.188. The van der Waals surface area contributed by atoms with Gasteiger partial charge in [-0.1, -0.05) is 42.5 Å². The van der Waals surface area contributed by atoms with E-state index in [2.05, 4.69) is 33.4 Å². The zero-order chi connectivity index (χ0) is 14.4. The van der Waals surface area contributed by atoms with Crippen LogP contribution < -0.4 is 11.1 Å². The molecule has 2 rings (SSSR count). The Bertz CT molecular complexity index is 572. The fourth-order valence-corrected chi connectivity index (χ4v) is 2.41. The number of carbonyl (C=O) groups excluding carboxylic acids is 1. The summed E-state index contributed by atoms with van der Waals surface area (Å²) in [6, 6.07) is 17.4. The lowest BCUT2D eigenvalue weighted by Gasteiger charge is -2.17. The van der Waals surface area contributed by atoms with Crippen LogP contribution >= 0.6 is 15.9 Å². The summed E-state index contributed by atoms with van der Waals surface area (Å²) in [7, 11) is 0. The molecule has 3 N–H and O–H groups in total. The van der Waals surface area contributed by atoms with Gasteiger partial charge in [-0.05, 0) is 46.5 Å². The SMILES string of the molecule is NC(=O)C(CCc1ccccc1)Nc1ccccc1Br. The standard InChI is InChI=1S/C16H17BrN2O/c17-13-8-4-5-9-14(13)19-15(16(18)20)11-10-12-6-2-1-3-7-12/h1-9,15,19H,10-11H2,(H2,18,20). The highest BCUT2D eigenvalue weighted by Gasteiger charge is 2.15. The normalized spacial score (nSPS) is 11.8. The molecule has 1 atom stereocenters. The van der Waals surface area contributed by atoms with Crippen LogP contribution in [0.1, 0.15) is 12.0 Å². The topological polar surface area (TPSA) is 55.1 Å². The summed E-state index contributed by atoms with van der Waals surface area (Å²) in [6.07, 6.45) is 1.48. The average molecular weight is 333 g/mol. The highest BCUT2D eigenvalue weighted by atomic mass is 79.9. The van der Waals surface area contributed by atoms with Crippen molar-refractivity contribution in [2.45, 2.75) is 18.9 Å². The number of hydrogen-bond acceptors (Lipinski definition) is 2. The molecule has 3 nitrogen and oxygen atoms in total. The Morgan fingerprint density at radius 2 is 1.75 bits per heavy atom. The van der Waals surface area contributed by atoms with Crippen LogP contribution in [0.15, 0.2) is 59.1 Å². The number of hydrogen-bond donors (Lipinski definition) is 2. The van der Waals surface area contributed by atoms with Crippen molar-refractivity contribution in [1.82, 2.24) is 0 Å². The second kappa shape index (κ2) is 7.10. The van der Waals surface area contributed by atoms with Crippen molar-refractivity contribution in [2.24, 2.45) is 5.73 Å². The van der Waals surface area contributed by atoms with E-state index in [1.165, 1.54) is 5.56 Å². The smallest absolute Gasteiger partial charge is 0.239 e. The second-order valence-corrected chi connectivity index (χ2v) is 5.46. The molecule has 0 aliphatic heterocycles. The van der Waals surface area contributed by atoms with Gasteiger partial charge in [0, 0.05) is 10.2 Å². The minimum atomic E-state index is -0.381. The molecule has 0 bridgehead atoms. The summed E-state index contributed by atoms with van der Waals surface area (Å²) in [5, 5.41) is 3.20. The average Bonchev–Trinajstić information content (AvgIpc) is 2.46. The van der Waals surface area contributed by atoms with Crippen molar-refractivity contribution in [3.05, 3.63) is 64.6 Å². The number of benzene rings is 2. The molecule has 0 aromatic heterocycles. The molecule has 104 valence electrons. The van der Waals surface area contributed by atoms with Crippen LogP contribution in [0.25, 0.3) is 0 Å². The molecule has 2 aromatic rings. The van der Waals surface area contributed by atoms with Gasteiger partial charge in [0.25, 0.3) is 0 Å². The molecule has 1 unspecified atom stereocenters. The Morgan fingerprint density at radius 1 is 1.10 bits per heavy atom. The third-order valence-corrected chi connectivity index (χ3v) is 3.80. The highest BCUT2D eigenvalue weighted by Crippen LogP contribution is 2.22. The lowest BCUT2D eigenvalue weighted by molar-refractivity contribution is -0.118. The minimum Gasteiger partial charge on any atom is -0.373 e. The summed E-state index contributed by atoms with van der Waals surface area (Å²) in [5.74, 6) is -0.336. The van der Waals surface area contributed by atoms with E-state index in [0.29, 0.717) is 6.42 Å². The number of amides is 1. The zero-order valence-electron chi connectivity index (χ0n) is 11.1. The van der Waals surface area contributed by atoms with E-state index in [1.54, 1.807) is 0 Å². The second-order valence-electron chi connectivity index (χ2n) is 4.60. The van der Waals surface area contributed by atoms with Crippen LogP contribution in [0.5, 0.6) is 0 Å². The molecule has 0 fully saturated rings. The number of nitrogens with two attached hydrogens (primary N) is 1. The van der Waals surface area contributed by atoms with E-state index >= 15 is 0 Å². The molecule has 0 saturated carbocycles. The summed E-state index contributed by atoms with van der Waals surface area (Å²) >= 11 is 3.46. The van der Waals surface area contributed by atoms with Crippen LogP contribution in [0.2, 0.25) is 0 Å². The molecule has 0 saturated heterocycles. The van der Waals surface area contributed by atoms with E-state index in [1.807, 2.05) is 42.5 Å². The van der Waals surface area contributed by atoms with Crippen LogP contribution in [0, 0.1) is 0 Å². The number of para-hydroxylation sites is 1. The number of anilines is 1. The first-order chi connectivity index (χ1) is 9.66. The van der Waals surface area contributed by atoms with Crippen LogP contribution in [0.4, 0.5) is 5.69 Å². The van der Waals surface area contributed by atoms with Crippen LogP contribution in [-0.2, 0) is 11.2 Å². The molecule has 20 heavy (non-hydrogen) atoms. The Labute approximate surface area is 127 Å². The molecule has 0 aliphatic rings. The van der Waals surface area contributed by atoms with Gasteiger partial charge in [-0.2, -0.15) is 0 Å². The van der Waals surface area contributed by atoms with Crippen molar-refractivity contribution in [3.8, 4) is 0 Å². The van der Waals surface area contributed by atoms with E-state index < -0.39 is 0 Å². The van der Waals surface area contributed by atoms with Crippen molar-refractivity contribution in [3.63, 3.8) is 0 Å². The largest absolute Gasteiger partial charge is 0.373 e. The Hall–Kier alpha value is -1.81. The molecule has 2 aromatic carbocycles. The van der Waals surface area contributed by atoms with E-state index in [9.17, 15) is 4.79 Å². The minimum absolute atomic E-state index is 0.336. The number of halogens is 1. The monoisotopic (exact) mass is 332 g/mol. The van der Waals surface area contributed by atoms with E-state index in [0.717, 1.165) is 16.6 Å². The maximum absolute atomic E-state index is 11.6. The Balaban J connectivity index is 2.01. The highest BCUT2D eigenvalue weighted by molar-refractivity contribution is 9.10. The van der Waals surface area contributed by atoms with Gasteiger partial charge in [0.2, 0.25) is 5.91 Å². The van der Waals surface area contributed by atoms with Gasteiger partial charge in [-0.25, -0.2) is 0 Å². The van der Waals surface area contributed by atoms with Gasteiger partial charge >= 0.3 is 0 Å². The number of nitrogens with one attached hydrogen (secondary N) is 1. The van der Waals surface area contributed by atoms with Crippen molar-refractivity contribution < 1.29 is 4.79 Å². The maximum atomic E-state index is 11.6. The van der Waals surface area contributed by atoms with Crippen molar-refractivity contribution in [2.75, 3.05) is 5.32 Å². The summed E-state index contributed by atoms with van der Waals surface area (Å²) in [6.45, 7) is 0. The quantitative estimate of drug-likeness (QED) is 0.852. The van der Waals surface area contributed by atoms with E-state index in [4.69, 9.17) is 5.73 Å². The van der Waals surface area contributed by atoms with Crippen molar-refractivity contribution in [1.29, 1.82) is 0 Å². The van der Waals surface area contributed by atoms with Gasteiger partial charge in [0.05, 0.1) is 0 Å². The third kappa shape index (κ3) is 4.10. The predicted molar refractivity (Wildman–Crippen MR) is 85.5 cm³/mol. The molecule has 0 spiro atoms. The summed E-state index contributed by atoms with van der Waals surface area (Å²) in [4.78, 5) is 11.6.